The number of aliphatic hydroxyl groups excluding tert-OH is 1. The number of methoxy groups -OCH3 is 3. The number of carbonyl (C=O) groups excluding carboxylic acids is 2. The van der Waals surface area contributed by atoms with Gasteiger partial charge in [0.2, 0.25) is 0 Å². The first-order valence-corrected chi connectivity index (χ1v) is 10.00. The molecule has 1 unspecified atom stereocenters. The van der Waals surface area contributed by atoms with Crippen molar-refractivity contribution in [2.24, 2.45) is 0 Å². The number of aliphatic hydroxyl groups is 1. The summed E-state index contributed by atoms with van der Waals surface area (Å²) < 4.78 is 21.2. The Hall–Kier alpha value is -4.27. The molecule has 1 aromatic heterocycles. The molecule has 33 heavy (non-hydrogen) atoms. The number of aromatic nitrogens is 1. The Morgan fingerprint density at radius 3 is 2.36 bits per heavy atom. The zero-order chi connectivity index (χ0) is 23.7. The van der Waals surface area contributed by atoms with Crippen LogP contribution in [0, 0.1) is 6.92 Å². The number of ether oxygens (including phenoxy) is 3. The number of nitrogens with zero attached hydrogens (tertiary/aromatic N) is 2. The van der Waals surface area contributed by atoms with Gasteiger partial charge in [-0.2, -0.15) is 0 Å². The third-order valence-corrected chi connectivity index (χ3v) is 5.38. The standard InChI is InChI=1S/C24H22N2O7/c1-13-10-19(25-33-13)26-21(17-12-16(31-3)8-9-18(17)32-4)20(23(28)24(26)29)22(27)14-6-5-7-15(11-14)30-2/h5-12,21,27H,1-4H3. The third kappa shape index (κ3) is 3.78. The molecule has 0 bridgehead atoms. The van der Waals surface area contributed by atoms with E-state index in [0.717, 1.165) is 0 Å². The van der Waals surface area contributed by atoms with Crippen LogP contribution < -0.4 is 19.1 Å². The van der Waals surface area contributed by atoms with Crippen molar-refractivity contribution in [3.05, 3.63) is 71.0 Å². The van der Waals surface area contributed by atoms with E-state index in [1.165, 1.54) is 32.3 Å². The number of amides is 1. The van der Waals surface area contributed by atoms with E-state index in [1.807, 2.05) is 0 Å². The van der Waals surface area contributed by atoms with Gasteiger partial charge >= 0.3 is 5.91 Å². The van der Waals surface area contributed by atoms with Crippen LogP contribution in [0.15, 0.2) is 58.6 Å². The summed E-state index contributed by atoms with van der Waals surface area (Å²) in [5, 5.41) is 15.2. The van der Waals surface area contributed by atoms with E-state index in [4.69, 9.17) is 18.7 Å². The van der Waals surface area contributed by atoms with Crippen molar-refractivity contribution in [2.75, 3.05) is 26.2 Å². The summed E-state index contributed by atoms with van der Waals surface area (Å²) in [7, 11) is 4.46. The molecule has 1 amide bonds. The van der Waals surface area contributed by atoms with Crippen LogP contribution in [0.2, 0.25) is 0 Å². The first kappa shape index (κ1) is 21.9. The lowest BCUT2D eigenvalue weighted by Gasteiger charge is -2.24. The van der Waals surface area contributed by atoms with Gasteiger partial charge in [-0.3, -0.25) is 14.5 Å². The molecule has 1 aliphatic rings. The highest BCUT2D eigenvalue weighted by molar-refractivity contribution is 6.51. The van der Waals surface area contributed by atoms with Gasteiger partial charge in [-0.05, 0) is 37.3 Å². The summed E-state index contributed by atoms with van der Waals surface area (Å²) in [6, 6.07) is 12.1. The van der Waals surface area contributed by atoms with Crippen molar-refractivity contribution < 1.29 is 33.4 Å². The number of ketones is 1. The molecule has 2 heterocycles. The molecule has 3 aromatic rings. The zero-order valence-electron chi connectivity index (χ0n) is 18.5. The monoisotopic (exact) mass is 450 g/mol. The molecule has 9 nitrogen and oxygen atoms in total. The van der Waals surface area contributed by atoms with Crippen molar-refractivity contribution in [3.8, 4) is 17.2 Å². The molecule has 1 N–H and O–H groups in total. The molecule has 1 fully saturated rings. The topological polar surface area (TPSA) is 111 Å². The van der Waals surface area contributed by atoms with Crippen LogP contribution in [0.4, 0.5) is 5.82 Å². The van der Waals surface area contributed by atoms with Crippen LogP contribution in [0.25, 0.3) is 5.76 Å². The number of rotatable bonds is 6. The van der Waals surface area contributed by atoms with Gasteiger partial charge in [0.25, 0.3) is 5.78 Å². The number of benzene rings is 2. The highest BCUT2D eigenvalue weighted by atomic mass is 16.5. The predicted molar refractivity (Wildman–Crippen MR) is 119 cm³/mol. The quantitative estimate of drug-likeness (QED) is 0.344. The van der Waals surface area contributed by atoms with Gasteiger partial charge in [0, 0.05) is 17.2 Å². The predicted octanol–water partition coefficient (Wildman–Crippen LogP) is 3.64. The number of aryl methyl sites for hydroxylation is 1. The normalized spacial score (nSPS) is 17.3. The highest BCUT2D eigenvalue weighted by Crippen LogP contribution is 2.45. The van der Waals surface area contributed by atoms with E-state index in [0.29, 0.717) is 34.1 Å². The molecule has 1 aliphatic heterocycles. The van der Waals surface area contributed by atoms with Crippen LogP contribution in [0.1, 0.15) is 22.9 Å². The van der Waals surface area contributed by atoms with Gasteiger partial charge < -0.3 is 23.8 Å². The Balaban J connectivity index is 2.00. The van der Waals surface area contributed by atoms with E-state index in [2.05, 4.69) is 5.16 Å². The lowest BCUT2D eigenvalue weighted by molar-refractivity contribution is -0.132. The van der Waals surface area contributed by atoms with E-state index in [1.54, 1.807) is 49.4 Å². The number of anilines is 1. The molecule has 1 atom stereocenters. The maximum absolute atomic E-state index is 13.2. The Morgan fingerprint density at radius 2 is 1.73 bits per heavy atom. The van der Waals surface area contributed by atoms with Crippen molar-refractivity contribution in [1.82, 2.24) is 5.16 Å². The van der Waals surface area contributed by atoms with Crippen molar-refractivity contribution in [3.63, 3.8) is 0 Å². The number of hydrogen-bond acceptors (Lipinski definition) is 8. The van der Waals surface area contributed by atoms with Gasteiger partial charge in [0.15, 0.2) is 5.82 Å². The summed E-state index contributed by atoms with van der Waals surface area (Å²) in [5.41, 5.74) is 0.622. The van der Waals surface area contributed by atoms with Crippen LogP contribution >= 0.6 is 0 Å². The third-order valence-electron chi connectivity index (χ3n) is 5.38. The molecule has 9 heteroatoms. The number of Topliss-reactive ketones (excluding diaryl/α,β-unsaturated/α-hetero) is 1. The molecule has 170 valence electrons. The maximum Gasteiger partial charge on any atom is 0.301 e. The largest absolute Gasteiger partial charge is 0.507 e. The van der Waals surface area contributed by atoms with Crippen molar-refractivity contribution in [2.45, 2.75) is 13.0 Å². The summed E-state index contributed by atoms with van der Waals surface area (Å²) in [5.74, 6) is -0.141. The van der Waals surface area contributed by atoms with Crippen LogP contribution in [0.3, 0.4) is 0 Å². The van der Waals surface area contributed by atoms with E-state index < -0.39 is 17.7 Å². The molecule has 2 aromatic carbocycles. The first-order chi connectivity index (χ1) is 15.9. The summed E-state index contributed by atoms with van der Waals surface area (Å²) in [4.78, 5) is 27.6. The number of carbonyl (C=O) groups is 2. The molecule has 0 radical (unpaired) electrons. The Kier molecular flexibility index (Phi) is 5.78. The van der Waals surface area contributed by atoms with Crippen LogP contribution in [0.5, 0.6) is 17.2 Å². The molecular formula is C24H22N2O7. The van der Waals surface area contributed by atoms with Gasteiger partial charge in [-0.25, -0.2) is 0 Å². The second kappa shape index (κ2) is 8.70. The lowest BCUT2D eigenvalue weighted by Crippen LogP contribution is -2.30. The van der Waals surface area contributed by atoms with E-state index in [-0.39, 0.29) is 17.2 Å². The highest BCUT2D eigenvalue weighted by Gasteiger charge is 2.49. The SMILES string of the molecule is COc1cccc(C(O)=C2C(=O)C(=O)N(c3cc(C)on3)C2c2cc(OC)ccc2OC)c1. The fourth-order valence-corrected chi connectivity index (χ4v) is 3.81. The van der Waals surface area contributed by atoms with E-state index >= 15 is 0 Å². The minimum absolute atomic E-state index is 0.125. The Morgan fingerprint density at radius 1 is 1.00 bits per heavy atom. The second-order valence-electron chi connectivity index (χ2n) is 7.30. The summed E-state index contributed by atoms with van der Waals surface area (Å²) in [6.07, 6.45) is 0. The molecular weight excluding hydrogens is 428 g/mol. The fraction of sp³-hybridized carbons (Fsp3) is 0.208. The minimum Gasteiger partial charge on any atom is -0.507 e. The Bertz CT molecular complexity index is 1260. The maximum atomic E-state index is 13.2. The molecule has 4 rings (SSSR count). The molecule has 0 spiro atoms. The molecule has 1 saturated heterocycles. The average Bonchev–Trinajstić information content (AvgIpc) is 3.38. The average molecular weight is 450 g/mol. The molecule has 0 saturated carbocycles. The lowest BCUT2D eigenvalue weighted by atomic mass is 9.94. The van der Waals surface area contributed by atoms with Crippen LogP contribution in [-0.2, 0) is 9.59 Å². The van der Waals surface area contributed by atoms with Crippen LogP contribution in [-0.4, -0.2) is 43.3 Å². The zero-order valence-corrected chi connectivity index (χ0v) is 18.5. The van der Waals surface area contributed by atoms with Crippen molar-refractivity contribution in [1.29, 1.82) is 0 Å². The second-order valence-corrected chi connectivity index (χ2v) is 7.30. The van der Waals surface area contributed by atoms with Gasteiger partial charge in [0.05, 0.1) is 26.9 Å². The van der Waals surface area contributed by atoms with Gasteiger partial charge in [0.1, 0.15) is 34.8 Å². The summed E-state index contributed by atoms with van der Waals surface area (Å²) in [6.45, 7) is 1.67. The van der Waals surface area contributed by atoms with E-state index in [9.17, 15) is 14.7 Å². The van der Waals surface area contributed by atoms with Crippen molar-refractivity contribution >= 4 is 23.3 Å². The minimum atomic E-state index is -1.05. The molecule has 0 aliphatic carbocycles. The van der Waals surface area contributed by atoms with Gasteiger partial charge in [-0.15, -0.1) is 0 Å². The fourth-order valence-electron chi connectivity index (χ4n) is 3.81. The summed E-state index contributed by atoms with van der Waals surface area (Å²) >= 11 is 0. The smallest absolute Gasteiger partial charge is 0.301 e. The Labute approximate surface area is 189 Å². The first-order valence-electron chi connectivity index (χ1n) is 10.00. The van der Waals surface area contributed by atoms with Gasteiger partial charge in [-0.1, -0.05) is 17.3 Å². The number of hydrogen-bond donors (Lipinski definition) is 1.